The summed E-state index contributed by atoms with van der Waals surface area (Å²) in [6, 6.07) is 10.5. The van der Waals surface area contributed by atoms with Gasteiger partial charge in [-0.25, -0.2) is 4.39 Å². The van der Waals surface area contributed by atoms with Crippen LogP contribution in [0.15, 0.2) is 47.4 Å². The number of nitrogen functional groups attached to an aromatic ring is 1. The Hall–Kier alpha value is -2.21. The van der Waals surface area contributed by atoms with E-state index >= 15 is 0 Å². The molecule has 1 amide bonds. The van der Waals surface area contributed by atoms with E-state index in [1.165, 1.54) is 18.2 Å². The Morgan fingerprint density at radius 2 is 2.05 bits per heavy atom. The number of benzene rings is 2. The lowest BCUT2D eigenvalue weighted by atomic mass is 10.2. The predicted molar refractivity (Wildman–Crippen MR) is 81.9 cm³/mol. The quantitative estimate of drug-likeness (QED) is 0.852. The van der Waals surface area contributed by atoms with Gasteiger partial charge in [0.15, 0.2) is 0 Å². The van der Waals surface area contributed by atoms with Crippen LogP contribution in [0.3, 0.4) is 0 Å². The Bertz CT molecular complexity index is 704. The summed E-state index contributed by atoms with van der Waals surface area (Å²) in [6.07, 6.45) is 0. The van der Waals surface area contributed by atoms with Gasteiger partial charge < -0.3 is 11.1 Å². The topological polar surface area (TPSA) is 72.2 Å². The van der Waals surface area contributed by atoms with Crippen molar-refractivity contribution in [3.8, 4) is 0 Å². The Kier molecular flexibility index (Phi) is 4.70. The van der Waals surface area contributed by atoms with Crippen molar-refractivity contribution >= 4 is 28.1 Å². The lowest BCUT2D eigenvalue weighted by Gasteiger charge is -2.07. The van der Waals surface area contributed by atoms with E-state index in [-0.39, 0.29) is 10.6 Å². The highest BCUT2D eigenvalue weighted by atomic mass is 32.2. The second kappa shape index (κ2) is 6.49. The first-order valence-corrected chi connectivity index (χ1v) is 7.57. The van der Waals surface area contributed by atoms with Crippen LogP contribution in [0.25, 0.3) is 0 Å². The zero-order valence-corrected chi connectivity index (χ0v) is 12.2. The molecule has 110 valence electrons. The minimum atomic E-state index is -1.59. The first-order valence-electron chi connectivity index (χ1n) is 6.25. The molecular weight excluding hydrogens is 291 g/mol. The molecule has 0 aliphatic rings. The summed E-state index contributed by atoms with van der Waals surface area (Å²) in [4.78, 5) is 12.1. The number of amides is 1. The van der Waals surface area contributed by atoms with Crippen molar-refractivity contribution in [1.29, 1.82) is 0 Å². The van der Waals surface area contributed by atoms with Crippen LogP contribution in [-0.4, -0.2) is 15.9 Å². The number of anilines is 2. The molecule has 4 nitrogen and oxygen atoms in total. The van der Waals surface area contributed by atoms with E-state index in [1.807, 2.05) is 6.92 Å². The lowest BCUT2D eigenvalue weighted by molar-refractivity contribution is -0.113. The van der Waals surface area contributed by atoms with E-state index < -0.39 is 22.5 Å². The summed E-state index contributed by atoms with van der Waals surface area (Å²) in [7, 11) is -1.59. The van der Waals surface area contributed by atoms with Crippen LogP contribution in [0.4, 0.5) is 15.8 Å². The van der Waals surface area contributed by atoms with E-state index in [4.69, 9.17) is 5.73 Å². The van der Waals surface area contributed by atoms with Gasteiger partial charge in [-0.2, -0.15) is 0 Å². The number of nitrogens with two attached hydrogens (primary N) is 1. The molecule has 0 saturated heterocycles. The standard InChI is InChI=1S/C15H15FN2O2S/c1-10-5-6-12(8-14(10)17)18-15(19)9-21(20)13-4-2-3-11(16)7-13/h2-8H,9,17H2,1H3,(H,18,19). The highest BCUT2D eigenvalue weighted by Gasteiger charge is 2.11. The molecule has 0 bridgehead atoms. The molecule has 0 aliphatic carbocycles. The molecule has 2 aromatic carbocycles. The monoisotopic (exact) mass is 306 g/mol. The van der Waals surface area contributed by atoms with Crippen LogP contribution in [0.5, 0.6) is 0 Å². The third-order valence-corrected chi connectivity index (χ3v) is 4.19. The number of nitrogens with one attached hydrogen (secondary N) is 1. The lowest BCUT2D eigenvalue weighted by Crippen LogP contribution is -2.19. The highest BCUT2D eigenvalue weighted by Crippen LogP contribution is 2.17. The van der Waals surface area contributed by atoms with Gasteiger partial charge in [-0.1, -0.05) is 12.1 Å². The molecule has 2 aromatic rings. The summed E-state index contributed by atoms with van der Waals surface area (Å²) in [5.74, 6) is -1.13. The summed E-state index contributed by atoms with van der Waals surface area (Å²) in [5, 5.41) is 2.62. The molecule has 0 saturated carbocycles. The molecule has 0 aliphatic heterocycles. The summed E-state index contributed by atoms with van der Waals surface area (Å²) >= 11 is 0. The van der Waals surface area contributed by atoms with Crippen LogP contribution in [0, 0.1) is 12.7 Å². The van der Waals surface area contributed by atoms with Crippen molar-refractivity contribution in [2.75, 3.05) is 16.8 Å². The molecule has 0 radical (unpaired) electrons. The summed E-state index contributed by atoms with van der Waals surface area (Å²) in [5.41, 5.74) is 7.78. The van der Waals surface area contributed by atoms with Gasteiger partial charge in [0.1, 0.15) is 11.6 Å². The number of carbonyl (C=O) groups excluding carboxylic acids is 1. The Morgan fingerprint density at radius 3 is 2.71 bits per heavy atom. The van der Waals surface area contributed by atoms with Gasteiger partial charge in [-0.3, -0.25) is 9.00 Å². The zero-order chi connectivity index (χ0) is 15.4. The molecule has 0 fully saturated rings. The molecule has 2 rings (SSSR count). The number of hydrogen-bond donors (Lipinski definition) is 2. The predicted octanol–water partition coefficient (Wildman–Crippen LogP) is 2.46. The van der Waals surface area contributed by atoms with E-state index in [2.05, 4.69) is 5.32 Å². The van der Waals surface area contributed by atoms with Gasteiger partial charge in [0.2, 0.25) is 5.91 Å². The number of aryl methyl sites for hydroxylation is 1. The van der Waals surface area contributed by atoms with Gasteiger partial charge in [0.05, 0.1) is 10.8 Å². The molecule has 0 heterocycles. The average molecular weight is 306 g/mol. The molecule has 0 spiro atoms. The fraction of sp³-hybridized carbons (Fsp3) is 0.133. The number of carbonyl (C=O) groups is 1. The second-order valence-electron chi connectivity index (χ2n) is 4.57. The number of hydrogen-bond acceptors (Lipinski definition) is 3. The molecule has 3 N–H and O–H groups in total. The Labute approximate surface area is 124 Å². The zero-order valence-electron chi connectivity index (χ0n) is 11.4. The van der Waals surface area contributed by atoms with Crippen molar-refractivity contribution in [2.24, 2.45) is 0 Å². The third kappa shape index (κ3) is 4.13. The molecule has 1 atom stereocenters. The minimum absolute atomic E-state index is 0.239. The van der Waals surface area contributed by atoms with Crippen LogP contribution in [-0.2, 0) is 15.6 Å². The average Bonchev–Trinajstić information content (AvgIpc) is 2.43. The van der Waals surface area contributed by atoms with Gasteiger partial charge in [-0.15, -0.1) is 0 Å². The van der Waals surface area contributed by atoms with Crippen molar-refractivity contribution in [2.45, 2.75) is 11.8 Å². The van der Waals surface area contributed by atoms with E-state index in [0.29, 0.717) is 11.4 Å². The summed E-state index contributed by atoms with van der Waals surface area (Å²) < 4.78 is 25.0. The molecule has 21 heavy (non-hydrogen) atoms. The normalized spacial score (nSPS) is 11.9. The van der Waals surface area contributed by atoms with Crippen molar-refractivity contribution in [3.63, 3.8) is 0 Å². The first-order chi connectivity index (χ1) is 9.95. The minimum Gasteiger partial charge on any atom is -0.398 e. The molecule has 6 heteroatoms. The number of halogens is 1. The van der Waals surface area contributed by atoms with Crippen molar-refractivity contribution in [3.05, 3.63) is 53.8 Å². The van der Waals surface area contributed by atoms with Crippen molar-refractivity contribution < 1.29 is 13.4 Å². The first kappa shape index (κ1) is 15.2. The van der Waals surface area contributed by atoms with Crippen molar-refractivity contribution in [1.82, 2.24) is 0 Å². The van der Waals surface area contributed by atoms with Crippen LogP contribution < -0.4 is 11.1 Å². The van der Waals surface area contributed by atoms with Gasteiger partial charge in [-0.05, 0) is 42.8 Å². The SMILES string of the molecule is Cc1ccc(NC(=O)CS(=O)c2cccc(F)c2)cc1N. The van der Waals surface area contributed by atoms with E-state index in [9.17, 15) is 13.4 Å². The number of rotatable bonds is 4. The fourth-order valence-corrected chi connectivity index (χ4v) is 2.68. The fourth-order valence-electron chi connectivity index (χ4n) is 1.73. The Balaban J connectivity index is 2.01. The maximum Gasteiger partial charge on any atom is 0.237 e. The van der Waals surface area contributed by atoms with Gasteiger partial charge >= 0.3 is 0 Å². The maximum atomic E-state index is 13.0. The third-order valence-electron chi connectivity index (χ3n) is 2.88. The maximum absolute atomic E-state index is 13.0. The molecule has 1 unspecified atom stereocenters. The van der Waals surface area contributed by atoms with E-state index in [1.54, 1.807) is 18.2 Å². The van der Waals surface area contributed by atoms with Crippen LogP contribution in [0.2, 0.25) is 0 Å². The van der Waals surface area contributed by atoms with Gasteiger partial charge in [0, 0.05) is 16.3 Å². The second-order valence-corrected chi connectivity index (χ2v) is 6.02. The summed E-state index contributed by atoms with van der Waals surface area (Å²) in [6.45, 7) is 1.86. The van der Waals surface area contributed by atoms with Crippen LogP contribution >= 0.6 is 0 Å². The van der Waals surface area contributed by atoms with Crippen LogP contribution in [0.1, 0.15) is 5.56 Å². The highest BCUT2D eigenvalue weighted by molar-refractivity contribution is 7.85. The molecule has 0 aromatic heterocycles. The van der Waals surface area contributed by atoms with Gasteiger partial charge in [0.25, 0.3) is 0 Å². The molecular formula is C15H15FN2O2S. The van der Waals surface area contributed by atoms with E-state index in [0.717, 1.165) is 11.6 Å². The Morgan fingerprint density at radius 1 is 1.29 bits per heavy atom. The smallest absolute Gasteiger partial charge is 0.237 e. The largest absolute Gasteiger partial charge is 0.398 e.